The quantitative estimate of drug-likeness (QED) is 0.571. The fourth-order valence-electron chi connectivity index (χ4n) is 4.91. The van der Waals surface area contributed by atoms with Gasteiger partial charge in [-0.3, -0.25) is 24.5 Å². The zero-order valence-electron chi connectivity index (χ0n) is 19.4. The molecule has 3 aromatic rings. The number of anilines is 2. The minimum Gasteiger partial charge on any atom is -0.380 e. The van der Waals surface area contributed by atoms with E-state index in [4.69, 9.17) is 0 Å². The Balaban J connectivity index is 1.26. The van der Waals surface area contributed by atoms with Crippen LogP contribution >= 0.6 is 0 Å². The fraction of sp³-hybridized carbons (Fsp3) is 0.346. The Labute approximate surface area is 203 Å². The van der Waals surface area contributed by atoms with E-state index in [1.165, 1.54) is 0 Å². The number of amides is 2. The van der Waals surface area contributed by atoms with Gasteiger partial charge in [-0.1, -0.05) is 0 Å². The molecule has 0 unspecified atom stereocenters. The van der Waals surface area contributed by atoms with E-state index in [1.807, 2.05) is 18.2 Å². The van der Waals surface area contributed by atoms with Crippen LogP contribution in [0.3, 0.4) is 0 Å². The Morgan fingerprint density at radius 3 is 2.83 bits per heavy atom. The van der Waals surface area contributed by atoms with Gasteiger partial charge in [-0.2, -0.15) is 5.26 Å². The van der Waals surface area contributed by atoms with Crippen molar-refractivity contribution < 1.29 is 9.59 Å². The molecule has 2 aliphatic heterocycles. The summed E-state index contributed by atoms with van der Waals surface area (Å²) >= 11 is 0. The average Bonchev–Trinajstić information content (AvgIpc) is 3.54. The second-order valence-corrected chi connectivity index (χ2v) is 9.00. The zero-order chi connectivity index (χ0) is 24.2. The molecule has 178 valence electrons. The number of fused-ring (bicyclic) bond motifs is 1. The molecule has 2 aliphatic rings. The Kier molecular flexibility index (Phi) is 6.55. The summed E-state index contributed by atoms with van der Waals surface area (Å²) in [6.07, 6.45) is 7.50. The van der Waals surface area contributed by atoms with Crippen molar-refractivity contribution in [2.24, 2.45) is 0 Å². The third kappa shape index (κ3) is 4.93. The standard InChI is InChI=1S/C26H27N7O2/c27-14-20-5-3-12-33(20)24(34)17-32-13-9-19(16-32)30-23-8-7-22(25-21(23)6-2-11-29-25)26(35)31-18-4-1-10-28-15-18/h1-2,4,6-8,10-11,15,19-20,30H,3,5,9,12-13,16-17H2,(H,31,35)/t19-,20-/m0/s1. The van der Waals surface area contributed by atoms with Gasteiger partial charge in [0.05, 0.1) is 35.6 Å². The Bertz CT molecular complexity index is 1270. The number of hydrogen-bond acceptors (Lipinski definition) is 7. The van der Waals surface area contributed by atoms with Crippen LogP contribution in [0.15, 0.2) is 55.0 Å². The topological polar surface area (TPSA) is 114 Å². The van der Waals surface area contributed by atoms with Gasteiger partial charge in [-0.25, -0.2) is 0 Å². The number of nitrogens with one attached hydrogen (secondary N) is 2. The van der Waals surface area contributed by atoms with Crippen molar-refractivity contribution in [2.75, 3.05) is 36.8 Å². The van der Waals surface area contributed by atoms with Gasteiger partial charge >= 0.3 is 0 Å². The number of nitriles is 1. The highest BCUT2D eigenvalue weighted by molar-refractivity contribution is 6.13. The van der Waals surface area contributed by atoms with Crippen LogP contribution in [0.4, 0.5) is 11.4 Å². The van der Waals surface area contributed by atoms with Gasteiger partial charge in [0.1, 0.15) is 6.04 Å². The van der Waals surface area contributed by atoms with E-state index in [0.717, 1.165) is 43.4 Å². The Morgan fingerprint density at radius 1 is 1.11 bits per heavy atom. The van der Waals surface area contributed by atoms with Crippen LogP contribution in [0.1, 0.15) is 29.6 Å². The van der Waals surface area contributed by atoms with Crippen LogP contribution < -0.4 is 10.6 Å². The summed E-state index contributed by atoms with van der Waals surface area (Å²) in [7, 11) is 0. The summed E-state index contributed by atoms with van der Waals surface area (Å²) in [6, 6.07) is 13.2. The van der Waals surface area contributed by atoms with E-state index in [2.05, 4.69) is 31.6 Å². The molecule has 0 aliphatic carbocycles. The average molecular weight is 470 g/mol. The lowest BCUT2D eigenvalue weighted by Crippen LogP contribution is -2.42. The Hall–Kier alpha value is -4.03. The molecular formula is C26H27N7O2. The number of likely N-dealkylation sites (tertiary alicyclic amines) is 2. The van der Waals surface area contributed by atoms with E-state index >= 15 is 0 Å². The van der Waals surface area contributed by atoms with E-state index in [1.54, 1.807) is 41.7 Å². The van der Waals surface area contributed by atoms with Gasteiger partial charge in [0.2, 0.25) is 5.91 Å². The fourth-order valence-corrected chi connectivity index (χ4v) is 4.91. The summed E-state index contributed by atoms with van der Waals surface area (Å²) in [5.41, 5.74) is 2.65. The van der Waals surface area contributed by atoms with Gasteiger partial charge < -0.3 is 15.5 Å². The maximum Gasteiger partial charge on any atom is 0.257 e. The molecule has 9 heteroatoms. The van der Waals surface area contributed by atoms with E-state index < -0.39 is 0 Å². The number of benzene rings is 1. The predicted octanol–water partition coefficient (Wildman–Crippen LogP) is 2.88. The summed E-state index contributed by atoms with van der Waals surface area (Å²) in [4.78, 5) is 38.0. The molecule has 0 saturated carbocycles. The number of rotatable bonds is 6. The second kappa shape index (κ2) is 10.1. The molecule has 4 heterocycles. The number of aromatic nitrogens is 2. The first-order valence-electron chi connectivity index (χ1n) is 11.9. The number of carbonyl (C=O) groups is 2. The molecule has 2 saturated heterocycles. The lowest BCUT2D eigenvalue weighted by atomic mass is 10.1. The zero-order valence-corrected chi connectivity index (χ0v) is 19.4. The molecule has 2 amide bonds. The highest BCUT2D eigenvalue weighted by Gasteiger charge is 2.31. The number of pyridine rings is 2. The van der Waals surface area contributed by atoms with E-state index in [9.17, 15) is 14.9 Å². The molecular weight excluding hydrogens is 442 g/mol. The first-order valence-corrected chi connectivity index (χ1v) is 11.9. The summed E-state index contributed by atoms with van der Waals surface area (Å²) in [5, 5.41) is 16.6. The van der Waals surface area contributed by atoms with Crippen LogP contribution in [0.5, 0.6) is 0 Å². The second-order valence-electron chi connectivity index (χ2n) is 9.00. The molecule has 1 aromatic carbocycles. The van der Waals surface area contributed by atoms with Crippen molar-refractivity contribution in [1.29, 1.82) is 5.26 Å². The number of hydrogen-bond donors (Lipinski definition) is 2. The molecule has 0 spiro atoms. The molecule has 0 radical (unpaired) electrons. The lowest BCUT2D eigenvalue weighted by Gasteiger charge is -2.23. The summed E-state index contributed by atoms with van der Waals surface area (Å²) < 4.78 is 0. The minimum absolute atomic E-state index is 0.0355. The smallest absolute Gasteiger partial charge is 0.257 e. The van der Waals surface area contributed by atoms with Crippen molar-refractivity contribution >= 4 is 34.1 Å². The van der Waals surface area contributed by atoms with Crippen LogP contribution in [-0.4, -0.2) is 69.8 Å². The molecule has 9 nitrogen and oxygen atoms in total. The highest BCUT2D eigenvalue weighted by Crippen LogP contribution is 2.28. The molecule has 0 bridgehead atoms. The summed E-state index contributed by atoms with van der Waals surface area (Å²) in [6.45, 7) is 2.57. The van der Waals surface area contributed by atoms with Gasteiger partial charge in [0, 0.05) is 49.1 Å². The van der Waals surface area contributed by atoms with Crippen molar-refractivity contribution in [3.8, 4) is 6.07 Å². The third-order valence-corrected chi connectivity index (χ3v) is 6.65. The maximum absolute atomic E-state index is 12.9. The molecule has 2 atom stereocenters. The SMILES string of the molecule is N#C[C@@H]1CCCN1C(=O)CN1CC[C@H](Nc2ccc(C(=O)Nc3cccnc3)c3ncccc23)C1. The minimum atomic E-state index is -0.285. The van der Waals surface area contributed by atoms with E-state index in [-0.39, 0.29) is 23.9 Å². The largest absolute Gasteiger partial charge is 0.380 e. The Morgan fingerprint density at radius 2 is 2.00 bits per heavy atom. The molecule has 2 fully saturated rings. The first kappa shape index (κ1) is 22.7. The van der Waals surface area contributed by atoms with Crippen molar-refractivity contribution in [2.45, 2.75) is 31.3 Å². The van der Waals surface area contributed by atoms with Crippen molar-refractivity contribution in [3.63, 3.8) is 0 Å². The molecule has 2 aromatic heterocycles. The lowest BCUT2D eigenvalue weighted by molar-refractivity contribution is -0.132. The van der Waals surface area contributed by atoms with Crippen molar-refractivity contribution in [1.82, 2.24) is 19.8 Å². The van der Waals surface area contributed by atoms with Crippen molar-refractivity contribution in [3.05, 3.63) is 60.6 Å². The van der Waals surface area contributed by atoms with Crippen LogP contribution in [-0.2, 0) is 4.79 Å². The third-order valence-electron chi connectivity index (χ3n) is 6.65. The summed E-state index contributed by atoms with van der Waals surface area (Å²) in [5.74, 6) is -0.204. The predicted molar refractivity (Wildman–Crippen MR) is 133 cm³/mol. The number of nitrogens with zero attached hydrogens (tertiary/aromatic N) is 5. The maximum atomic E-state index is 12.9. The molecule has 35 heavy (non-hydrogen) atoms. The highest BCUT2D eigenvalue weighted by atomic mass is 16.2. The molecule has 5 rings (SSSR count). The normalized spacial score (nSPS) is 20.0. The van der Waals surface area contributed by atoms with E-state index in [0.29, 0.717) is 29.9 Å². The van der Waals surface area contributed by atoms with Gasteiger partial charge in [0.25, 0.3) is 5.91 Å². The molecule has 2 N–H and O–H groups in total. The van der Waals surface area contributed by atoms with Gasteiger partial charge in [-0.15, -0.1) is 0 Å². The van der Waals surface area contributed by atoms with Gasteiger partial charge in [-0.05, 0) is 55.7 Å². The number of carbonyl (C=O) groups excluding carboxylic acids is 2. The van der Waals surface area contributed by atoms with Crippen LogP contribution in [0, 0.1) is 11.3 Å². The van der Waals surface area contributed by atoms with Crippen LogP contribution in [0.25, 0.3) is 10.9 Å². The van der Waals surface area contributed by atoms with Crippen LogP contribution in [0.2, 0.25) is 0 Å². The van der Waals surface area contributed by atoms with Gasteiger partial charge in [0.15, 0.2) is 0 Å². The first-order chi connectivity index (χ1) is 17.1. The monoisotopic (exact) mass is 469 g/mol.